The first kappa shape index (κ1) is 16.6. The SMILES string of the molecule is CCOS(=O)(=O)[O-].CC[S+](CC)CC. The normalized spacial score (nSPS) is 11.0. The van der Waals surface area contributed by atoms with Crippen LogP contribution in [0.4, 0.5) is 0 Å². The van der Waals surface area contributed by atoms with Crippen LogP contribution in [-0.2, 0) is 25.5 Å². The molecule has 0 aromatic heterocycles. The standard InChI is InChI=1S/C6H15S.C2H6O4S/c1-4-7(5-2)6-3;1-2-6-7(3,4)5/h4-6H2,1-3H3;2H2,1H3,(H,3,4,5)/q+1;/p-1. The second-order valence-corrected chi connectivity index (χ2v) is 6.30. The van der Waals surface area contributed by atoms with Gasteiger partial charge in [-0.25, -0.2) is 8.42 Å². The number of rotatable bonds is 5. The number of hydrogen-bond donors (Lipinski definition) is 0. The van der Waals surface area contributed by atoms with Gasteiger partial charge in [-0.05, 0) is 38.6 Å². The summed E-state index contributed by atoms with van der Waals surface area (Å²) in [5.41, 5.74) is 0. The second-order valence-electron chi connectivity index (χ2n) is 2.29. The van der Waals surface area contributed by atoms with Crippen molar-refractivity contribution in [2.75, 3.05) is 23.9 Å². The van der Waals surface area contributed by atoms with Gasteiger partial charge in [0.15, 0.2) is 0 Å². The molecular formula is C8H20O4S2. The zero-order chi connectivity index (χ0) is 11.6. The molecule has 0 saturated carbocycles. The molecule has 0 rings (SSSR count). The fourth-order valence-electron chi connectivity index (χ4n) is 0.757. The molecule has 0 fully saturated rings. The Morgan fingerprint density at radius 1 is 1.07 bits per heavy atom. The van der Waals surface area contributed by atoms with E-state index in [1.807, 2.05) is 0 Å². The van der Waals surface area contributed by atoms with Crippen molar-refractivity contribution in [1.82, 2.24) is 0 Å². The molecule has 0 aliphatic rings. The lowest BCUT2D eigenvalue weighted by molar-refractivity contribution is 0.275. The first-order valence-electron chi connectivity index (χ1n) is 4.65. The van der Waals surface area contributed by atoms with Gasteiger partial charge in [-0.2, -0.15) is 0 Å². The lowest BCUT2D eigenvalue weighted by atomic mass is 10.9. The van der Waals surface area contributed by atoms with Crippen molar-refractivity contribution in [2.24, 2.45) is 0 Å². The molecule has 0 aromatic rings. The molecule has 0 aliphatic heterocycles. The molecule has 0 aromatic carbocycles. The van der Waals surface area contributed by atoms with E-state index in [4.69, 9.17) is 0 Å². The van der Waals surface area contributed by atoms with E-state index in [0.29, 0.717) is 0 Å². The highest BCUT2D eigenvalue weighted by molar-refractivity contribution is 7.96. The minimum atomic E-state index is -4.42. The number of hydrogen-bond acceptors (Lipinski definition) is 4. The molecule has 4 nitrogen and oxygen atoms in total. The van der Waals surface area contributed by atoms with Crippen LogP contribution in [0.2, 0.25) is 0 Å². The zero-order valence-electron chi connectivity index (χ0n) is 9.28. The van der Waals surface area contributed by atoms with Crippen LogP contribution in [0.1, 0.15) is 27.7 Å². The molecule has 88 valence electrons. The first-order valence-corrected chi connectivity index (χ1v) is 7.72. The van der Waals surface area contributed by atoms with Gasteiger partial charge in [0.05, 0.1) is 6.61 Å². The van der Waals surface area contributed by atoms with Gasteiger partial charge in [-0.3, -0.25) is 4.18 Å². The molecule has 0 atom stereocenters. The van der Waals surface area contributed by atoms with Crippen molar-refractivity contribution in [3.05, 3.63) is 0 Å². The average Bonchev–Trinajstić information content (AvgIpc) is 2.06. The van der Waals surface area contributed by atoms with Crippen LogP contribution in [0.3, 0.4) is 0 Å². The lowest BCUT2D eigenvalue weighted by Gasteiger charge is -2.02. The van der Waals surface area contributed by atoms with Gasteiger partial charge >= 0.3 is 0 Å². The van der Waals surface area contributed by atoms with Crippen LogP contribution in [0.25, 0.3) is 0 Å². The van der Waals surface area contributed by atoms with Crippen LogP contribution < -0.4 is 0 Å². The Bertz CT molecular complexity index is 192. The van der Waals surface area contributed by atoms with Crippen LogP contribution in [0.5, 0.6) is 0 Å². The van der Waals surface area contributed by atoms with E-state index >= 15 is 0 Å². The minimum absolute atomic E-state index is 0.0914. The van der Waals surface area contributed by atoms with Crippen molar-refractivity contribution in [2.45, 2.75) is 27.7 Å². The van der Waals surface area contributed by atoms with E-state index in [1.165, 1.54) is 24.2 Å². The molecule has 0 N–H and O–H groups in total. The van der Waals surface area contributed by atoms with Gasteiger partial charge in [-0.15, -0.1) is 0 Å². The van der Waals surface area contributed by atoms with Gasteiger partial charge in [0.25, 0.3) is 0 Å². The van der Waals surface area contributed by atoms with Gasteiger partial charge in [0.2, 0.25) is 10.4 Å². The highest BCUT2D eigenvalue weighted by Gasteiger charge is 2.05. The van der Waals surface area contributed by atoms with E-state index in [-0.39, 0.29) is 6.61 Å². The predicted octanol–water partition coefficient (Wildman–Crippen LogP) is 1.15. The Hall–Kier alpha value is 0.220. The summed E-state index contributed by atoms with van der Waals surface area (Å²) < 4.78 is 32.0. The monoisotopic (exact) mass is 244 g/mol. The molecule has 0 amide bonds. The fourth-order valence-corrected chi connectivity index (χ4v) is 2.27. The van der Waals surface area contributed by atoms with Crippen molar-refractivity contribution >= 4 is 21.3 Å². The first-order chi connectivity index (χ1) is 6.41. The molecule has 14 heavy (non-hydrogen) atoms. The molecule has 0 radical (unpaired) electrons. The lowest BCUT2D eigenvalue weighted by Crippen LogP contribution is -2.09. The molecule has 6 heteroatoms. The Balaban J connectivity index is 0. The maximum absolute atomic E-state index is 9.45. The zero-order valence-corrected chi connectivity index (χ0v) is 10.9. The largest absolute Gasteiger partial charge is 0.726 e. The summed E-state index contributed by atoms with van der Waals surface area (Å²) in [4.78, 5) is 0. The molecule has 0 heterocycles. The summed E-state index contributed by atoms with van der Waals surface area (Å²) in [5, 5.41) is 0. The molecule has 0 aliphatic carbocycles. The predicted molar refractivity (Wildman–Crippen MR) is 60.3 cm³/mol. The van der Waals surface area contributed by atoms with Crippen LogP contribution in [0.15, 0.2) is 0 Å². The van der Waals surface area contributed by atoms with Crippen LogP contribution >= 0.6 is 0 Å². The van der Waals surface area contributed by atoms with E-state index < -0.39 is 10.4 Å². The van der Waals surface area contributed by atoms with Crippen LogP contribution in [0, 0.1) is 0 Å². The fraction of sp³-hybridized carbons (Fsp3) is 1.00. The Morgan fingerprint density at radius 2 is 1.43 bits per heavy atom. The molecule has 0 saturated heterocycles. The Morgan fingerprint density at radius 3 is 1.43 bits per heavy atom. The summed E-state index contributed by atoms with van der Waals surface area (Å²) in [6.45, 7) is 8.16. The van der Waals surface area contributed by atoms with E-state index in [1.54, 1.807) is 0 Å². The topological polar surface area (TPSA) is 66.4 Å². The van der Waals surface area contributed by atoms with Gasteiger partial charge in [0.1, 0.15) is 17.3 Å². The smallest absolute Gasteiger partial charge is 0.217 e. The molecular weight excluding hydrogens is 224 g/mol. The molecule has 0 bridgehead atoms. The third-order valence-corrected chi connectivity index (χ3v) is 4.46. The van der Waals surface area contributed by atoms with E-state index in [0.717, 1.165) is 10.9 Å². The van der Waals surface area contributed by atoms with Gasteiger partial charge in [0, 0.05) is 0 Å². The van der Waals surface area contributed by atoms with E-state index in [9.17, 15) is 13.0 Å². The highest BCUT2D eigenvalue weighted by atomic mass is 32.3. The molecule has 0 unspecified atom stereocenters. The van der Waals surface area contributed by atoms with Crippen molar-refractivity contribution in [3.8, 4) is 0 Å². The maximum Gasteiger partial charge on any atom is 0.217 e. The quantitative estimate of drug-likeness (QED) is 0.413. The average molecular weight is 244 g/mol. The Kier molecular flexibility index (Phi) is 11.6. The van der Waals surface area contributed by atoms with E-state index in [2.05, 4.69) is 25.0 Å². The Labute approximate surface area is 90.3 Å². The summed E-state index contributed by atoms with van der Waals surface area (Å²) >= 11 is 0. The van der Waals surface area contributed by atoms with Crippen molar-refractivity contribution in [3.63, 3.8) is 0 Å². The summed E-state index contributed by atoms with van der Waals surface area (Å²) in [6.07, 6.45) is 0. The summed E-state index contributed by atoms with van der Waals surface area (Å²) in [6, 6.07) is 0. The maximum atomic E-state index is 9.45. The van der Waals surface area contributed by atoms with Crippen molar-refractivity contribution < 1.29 is 17.2 Å². The minimum Gasteiger partial charge on any atom is -0.726 e. The molecule has 0 spiro atoms. The van der Waals surface area contributed by atoms with Crippen LogP contribution in [-0.4, -0.2) is 36.8 Å². The highest BCUT2D eigenvalue weighted by Crippen LogP contribution is 1.92. The van der Waals surface area contributed by atoms with Gasteiger partial charge < -0.3 is 4.55 Å². The third kappa shape index (κ3) is 14.7. The van der Waals surface area contributed by atoms with Crippen molar-refractivity contribution in [1.29, 1.82) is 0 Å². The summed E-state index contributed by atoms with van der Waals surface area (Å²) in [5.74, 6) is 4.15. The van der Waals surface area contributed by atoms with Gasteiger partial charge in [-0.1, -0.05) is 0 Å². The second kappa shape index (κ2) is 9.76. The summed E-state index contributed by atoms with van der Waals surface area (Å²) in [7, 11) is -3.67. The third-order valence-electron chi connectivity index (χ3n) is 1.49.